The molecule has 0 heterocycles. The third-order valence-electron chi connectivity index (χ3n) is 3.10. The molecule has 1 unspecified atom stereocenters. The molecule has 84 valence electrons. The predicted octanol–water partition coefficient (Wildman–Crippen LogP) is 2.30. The molecule has 0 amide bonds. The first-order chi connectivity index (χ1) is 7.85. The SMILES string of the molecule is C#CCOc1ccc2c(c1)CCCC2NC. The fraction of sp³-hybridized carbons (Fsp3) is 0.429. The molecule has 0 aliphatic heterocycles. The third-order valence-corrected chi connectivity index (χ3v) is 3.10. The van der Waals surface area contributed by atoms with Crippen molar-refractivity contribution in [2.45, 2.75) is 25.3 Å². The number of hydrogen-bond donors (Lipinski definition) is 1. The van der Waals surface area contributed by atoms with Gasteiger partial charge >= 0.3 is 0 Å². The van der Waals surface area contributed by atoms with Gasteiger partial charge in [-0.2, -0.15) is 0 Å². The van der Waals surface area contributed by atoms with Crippen molar-refractivity contribution in [3.05, 3.63) is 29.3 Å². The lowest BCUT2D eigenvalue weighted by molar-refractivity contribution is 0.369. The van der Waals surface area contributed by atoms with E-state index in [0.717, 1.165) is 12.2 Å². The molecule has 0 aromatic heterocycles. The second-order valence-corrected chi connectivity index (χ2v) is 4.09. The molecule has 1 atom stereocenters. The van der Waals surface area contributed by atoms with Crippen molar-refractivity contribution in [1.29, 1.82) is 0 Å². The molecule has 0 bridgehead atoms. The highest BCUT2D eigenvalue weighted by Gasteiger charge is 2.18. The van der Waals surface area contributed by atoms with E-state index in [-0.39, 0.29) is 0 Å². The van der Waals surface area contributed by atoms with Crippen LogP contribution in [0.2, 0.25) is 0 Å². The lowest BCUT2D eigenvalue weighted by Crippen LogP contribution is -2.21. The first-order valence-corrected chi connectivity index (χ1v) is 5.71. The van der Waals surface area contributed by atoms with E-state index in [0.29, 0.717) is 12.6 Å². The van der Waals surface area contributed by atoms with Crippen LogP contribution in [0.3, 0.4) is 0 Å². The van der Waals surface area contributed by atoms with E-state index in [1.54, 1.807) is 0 Å². The number of hydrogen-bond acceptors (Lipinski definition) is 2. The number of ether oxygens (including phenoxy) is 1. The van der Waals surface area contributed by atoms with Crippen LogP contribution >= 0.6 is 0 Å². The van der Waals surface area contributed by atoms with Gasteiger partial charge in [0.15, 0.2) is 0 Å². The topological polar surface area (TPSA) is 21.3 Å². The minimum absolute atomic E-state index is 0.342. The third kappa shape index (κ3) is 2.20. The Hall–Kier alpha value is -1.46. The number of rotatable bonds is 3. The van der Waals surface area contributed by atoms with Crippen LogP contribution in [0.5, 0.6) is 5.75 Å². The fourth-order valence-corrected chi connectivity index (χ4v) is 2.31. The molecule has 16 heavy (non-hydrogen) atoms. The van der Waals surface area contributed by atoms with Gasteiger partial charge in [-0.15, -0.1) is 6.42 Å². The molecule has 1 aliphatic rings. The van der Waals surface area contributed by atoms with Gasteiger partial charge in [0.05, 0.1) is 0 Å². The van der Waals surface area contributed by atoms with E-state index in [1.165, 1.54) is 24.0 Å². The number of fused-ring (bicyclic) bond motifs is 1. The molecule has 1 N–H and O–H groups in total. The van der Waals surface area contributed by atoms with E-state index in [9.17, 15) is 0 Å². The van der Waals surface area contributed by atoms with E-state index >= 15 is 0 Å². The zero-order valence-electron chi connectivity index (χ0n) is 9.62. The molecular formula is C14H17NO. The van der Waals surface area contributed by atoms with Crippen LogP contribution in [0.4, 0.5) is 0 Å². The Morgan fingerprint density at radius 1 is 1.56 bits per heavy atom. The Labute approximate surface area is 97.0 Å². The van der Waals surface area contributed by atoms with Gasteiger partial charge in [-0.25, -0.2) is 0 Å². The van der Waals surface area contributed by atoms with E-state index in [2.05, 4.69) is 23.4 Å². The summed E-state index contributed by atoms with van der Waals surface area (Å²) in [6, 6.07) is 6.77. The zero-order valence-corrected chi connectivity index (χ0v) is 9.62. The van der Waals surface area contributed by atoms with E-state index < -0.39 is 0 Å². The fourth-order valence-electron chi connectivity index (χ4n) is 2.31. The van der Waals surface area contributed by atoms with Crippen molar-refractivity contribution in [3.63, 3.8) is 0 Å². The molecule has 0 saturated heterocycles. The molecule has 0 spiro atoms. The molecule has 2 heteroatoms. The smallest absolute Gasteiger partial charge is 0.148 e. The average molecular weight is 215 g/mol. The molecule has 1 aromatic carbocycles. The highest BCUT2D eigenvalue weighted by molar-refractivity contribution is 5.39. The Balaban J connectivity index is 2.22. The molecule has 2 rings (SSSR count). The van der Waals surface area contributed by atoms with Gasteiger partial charge in [0.25, 0.3) is 0 Å². The predicted molar refractivity (Wildman–Crippen MR) is 65.5 cm³/mol. The summed E-state index contributed by atoms with van der Waals surface area (Å²) >= 11 is 0. The summed E-state index contributed by atoms with van der Waals surface area (Å²) in [7, 11) is 2.02. The Morgan fingerprint density at radius 3 is 3.19 bits per heavy atom. The first-order valence-electron chi connectivity index (χ1n) is 5.71. The van der Waals surface area contributed by atoms with Crippen molar-refractivity contribution in [2.75, 3.05) is 13.7 Å². The van der Waals surface area contributed by atoms with Gasteiger partial charge in [0, 0.05) is 6.04 Å². The molecular weight excluding hydrogens is 198 g/mol. The Bertz CT molecular complexity index is 406. The average Bonchev–Trinajstić information content (AvgIpc) is 2.35. The quantitative estimate of drug-likeness (QED) is 0.781. The summed E-state index contributed by atoms with van der Waals surface area (Å²) in [6.45, 7) is 0.342. The van der Waals surface area contributed by atoms with E-state index in [1.807, 2.05) is 13.1 Å². The molecule has 0 radical (unpaired) electrons. The molecule has 0 saturated carbocycles. The van der Waals surface area contributed by atoms with Gasteiger partial charge in [-0.3, -0.25) is 0 Å². The minimum Gasteiger partial charge on any atom is -0.481 e. The van der Waals surface area contributed by atoms with E-state index in [4.69, 9.17) is 11.2 Å². The van der Waals surface area contributed by atoms with Gasteiger partial charge < -0.3 is 10.1 Å². The molecule has 0 fully saturated rings. The van der Waals surface area contributed by atoms with Crippen LogP contribution in [-0.2, 0) is 6.42 Å². The number of nitrogens with one attached hydrogen (secondary N) is 1. The normalized spacial score (nSPS) is 18.6. The summed E-state index contributed by atoms with van der Waals surface area (Å²) in [5.74, 6) is 3.36. The van der Waals surface area contributed by atoms with Gasteiger partial charge in [0.2, 0.25) is 0 Å². The number of benzene rings is 1. The summed E-state index contributed by atoms with van der Waals surface area (Å²) in [5.41, 5.74) is 2.79. The van der Waals surface area contributed by atoms with Crippen molar-refractivity contribution in [3.8, 4) is 18.1 Å². The van der Waals surface area contributed by atoms with Crippen molar-refractivity contribution >= 4 is 0 Å². The van der Waals surface area contributed by atoms with Gasteiger partial charge in [-0.1, -0.05) is 12.0 Å². The molecule has 1 aliphatic carbocycles. The summed E-state index contributed by atoms with van der Waals surface area (Å²) in [5, 5.41) is 3.35. The maximum absolute atomic E-state index is 5.43. The summed E-state index contributed by atoms with van der Waals surface area (Å²) in [4.78, 5) is 0. The number of aryl methyl sites for hydroxylation is 1. The second kappa shape index (κ2) is 5.05. The van der Waals surface area contributed by atoms with Crippen LogP contribution < -0.4 is 10.1 Å². The van der Waals surface area contributed by atoms with Crippen LogP contribution in [0, 0.1) is 12.3 Å². The Kier molecular flexibility index (Phi) is 3.48. The van der Waals surface area contributed by atoms with Crippen LogP contribution in [0.25, 0.3) is 0 Å². The van der Waals surface area contributed by atoms with Crippen molar-refractivity contribution in [2.24, 2.45) is 0 Å². The molecule has 1 aromatic rings. The van der Waals surface area contributed by atoms with Crippen molar-refractivity contribution < 1.29 is 4.74 Å². The lowest BCUT2D eigenvalue weighted by Gasteiger charge is -2.25. The van der Waals surface area contributed by atoms with Gasteiger partial charge in [-0.05, 0) is 49.6 Å². The maximum Gasteiger partial charge on any atom is 0.148 e. The van der Waals surface area contributed by atoms with Gasteiger partial charge in [0.1, 0.15) is 12.4 Å². The Morgan fingerprint density at radius 2 is 2.44 bits per heavy atom. The highest BCUT2D eigenvalue weighted by Crippen LogP contribution is 2.31. The standard InChI is InChI=1S/C14H17NO/c1-3-9-16-12-7-8-13-11(10-12)5-4-6-14(13)15-2/h1,7-8,10,14-15H,4-6,9H2,2H3. The largest absolute Gasteiger partial charge is 0.481 e. The van der Waals surface area contributed by atoms with Crippen LogP contribution in [0.15, 0.2) is 18.2 Å². The minimum atomic E-state index is 0.342. The zero-order chi connectivity index (χ0) is 11.4. The van der Waals surface area contributed by atoms with Crippen LogP contribution in [-0.4, -0.2) is 13.7 Å². The summed E-state index contributed by atoms with van der Waals surface area (Å²) < 4.78 is 5.43. The first kappa shape index (κ1) is 11.0. The maximum atomic E-state index is 5.43. The molecule has 2 nitrogen and oxygen atoms in total. The summed E-state index contributed by atoms with van der Waals surface area (Å²) in [6.07, 6.45) is 8.76. The van der Waals surface area contributed by atoms with Crippen LogP contribution in [0.1, 0.15) is 30.0 Å². The highest BCUT2D eigenvalue weighted by atomic mass is 16.5. The monoisotopic (exact) mass is 215 g/mol. The second-order valence-electron chi connectivity index (χ2n) is 4.09. The lowest BCUT2D eigenvalue weighted by atomic mass is 9.87. The van der Waals surface area contributed by atoms with Crippen molar-refractivity contribution in [1.82, 2.24) is 5.32 Å². The number of terminal acetylenes is 1.